The highest BCUT2D eigenvalue weighted by molar-refractivity contribution is 5.67. The van der Waals surface area contributed by atoms with E-state index in [0.29, 0.717) is 17.9 Å². The van der Waals surface area contributed by atoms with Crippen LogP contribution in [-0.2, 0) is 11.2 Å². The smallest absolute Gasteiger partial charge is 0.304 e. The first kappa shape index (κ1) is 16.6. The van der Waals surface area contributed by atoms with Crippen LogP contribution in [0.3, 0.4) is 0 Å². The van der Waals surface area contributed by atoms with Crippen molar-refractivity contribution in [3.05, 3.63) is 35.1 Å². The average molecular weight is 281 g/mol. The third-order valence-electron chi connectivity index (χ3n) is 3.28. The van der Waals surface area contributed by atoms with E-state index >= 15 is 0 Å². The maximum Gasteiger partial charge on any atom is 0.304 e. The monoisotopic (exact) mass is 281 g/mol. The van der Waals surface area contributed by atoms with Crippen LogP contribution in [0.2, 0.25) is 0 Å². The van der Waals surface area contributed by atoms with Gasteiger partial charge in [0.1, 0.15) is 5.82 Å². The molecule has 0 fully saturated rings. The summed E-state index contributed by atoms with van der Waals surface area (Å²) >= 11 is 0. The fourth-order valence-electron chi connectivity index (χ4n) is 2.12. The quantitative estimate of drug-likeness (QED) is 0.769. The Morgan fingerprint density at radius 3 is 2.65 bits per heavy atom. The molecule has 1 unspecified atom stereocenters. The molecule has 0 aliphatic carbocycles. The van der Waals surface area contributed by atoms with Gasteiger partial charge in [0, 0.05) is 6.04 Å². The molecule has 3 nitrogen and oxygen atoms in total. The minimum absolute atomic E-state index is 0.0779. The normalized spacial score (nSPS) is 12.7. The van der Waals surface area contributed by atoms with Crippen LogP contribution in [0.5, 0.6) is 0 Å². The molecule has 0 aliphatic heterocycles. The Morgan fingerprint density at radius 1 is 1.40 bits per heavy atom. The SMILES string of the molecule is Cc1cc(CC(CC(=O)O)NCCC(C)C)ccc1F. The van der Waals surface area contributed by atoms with E-state index < -0.39 is 5.97 Å². The van der Waals surface area contributed by atoms with E-state index in [1.165, 1.54) is 6.07 Å². The second kappa shape index (κ2) is 8.00. The molecule has 0 saturated carbocycles. The lowest BCUT2D eigenvalue weighted by Crippen LogP contribution is -2.34. The van der Waals surface area contributed by atoms with Crippen LogP contribution in [0, 0.1) is 18.7 Å². The van der Waals surface area contributed by atoms with E-state index in [2.05, 4.69) is 19.2 Å². The molecule has 1 atom stereocenters. The molecule has 4 heteroatoms. The van der Waals surface area contributed by atoms with Crippen molar-refractivity contribution in [2.24, 2.45) is 5.92 Å². The first-order valence-electron chi connectivity index (χ1n) is 7.08. The molecular formula is C16H24FNO2. The first-order chi connectivity index (χ1) is 9.38. The zero-order valence-electron chi connectivity index (χ0n) is 12.4. The van der Waals surface area contributed by atoms with E-state index in [1.54, 1.807) is 19.1 Å². The third kappa shape index (κ3) is 6.15. The van der Waals surface area contributed by atoms with Crippen LogP contribution in [-0.4, -0.2) is 23.7 Å². The Bertz CT molecular complexity index is 446. The summed E-state index contributed by atoms with van der Waals surface area (Å²) in [4.78, 5) is 10.9. The summed E-state index contributed by atoms with van der Waals surface area (Å²) in [6.07, 6.45) is 1.69. The molecule has 20 heavy (non-hydrogen) atoms. The molecule has 0 bridgehead atoms. The lowest BCUT2D eigenvalue weighted by molar-refractivity contribution is -0.137. The van der Waals surface area contributed by atoms with Crippen molar-refractivity contribution >= 4 is 5.97 Å². The van der Waals surface area contributed by atoms with Gasteiger partial charge in [-0.25, -0.2) is 4.39 Å². The largest absolute Gasteiger partial charge is 0.481 e. The van der Waals surface area contributed by atoms with E-state index in [4.69, 9.17) is 5.11 Å². The number of carboxylic acid groups (broad SMARTS) is 1. The molecular weight excluding hydrogens is 257 g/mol. The summed E-state index contributed by atoms with van der Waals surface area (Å²) in [5.41, 5.74) is 1.56. The second-order valence-electron chi connectivity index (χ2n) is 5.72. The molecule has 0 aliphatic rings. The van der Waals surface area contributed by atoms with Gasteiger partial charge in [-0.2, -0.15) is 0 Å². The highest BCUT2D eigenvalue weighted by Gasteiger charge is 2.14. The van der Waals surface area contributed by atoms with Gasteiger partial charge in [0.05, 0.1) is 6.42 Å². The van der Waals surface area contributed by atoms with Gasteiger partial charge in [-0.05, 0) is 49.4 Å². The fraction of sp³-hybridized carbons (Fsp3) is 0.562. The summed E-state index contributed by atoms with van der Waals surface area (Å²) in [5.74, 6) is -0.455. The predicted octanol–water partition coefficient (Wildman–Crippen LogP) is 3.16. The molecule has 0 heterocycles. The number of nitrogens with one attached hydrogen (secondary N) is 1. The van der Waals surface area contributed by atoms with Crippen molar-refractivity contribution in [2.75, 3.05) is 6.54 Å². The highest BCUT2D eigenvalue weighted by atomic mass is 19.1. The number of carbonyl (C=O) groups is 1. The molecule has 1 aromatic carbocycles. The molecule has 0 amide bonds. The molecule has 1 aromatic rings. The first-order valence-corrected chi connectivity index (χ1v) is 7.08. The number of carboxylic acids is 1. The molecule has 0 spiro atoms. The zero-order chi connectivity index (χ0) is 15.1. The Labute approximate surface area is 120 Å². The summed E-state index contributed by atoms with van der Waals surface area (Å²) in [7, 11) is 0. The fourth-order valence-corrected chi connectivity index (χ4v) is 2.12. The van der Waals surface area contributed by atoms with Gasteiger partial charge in [-0.1, -0.05) is 26.0 Å². The minimum Gasteiger partial charge on any atom is -0.481 e. The Hall–Kier alpha value is -1.42. The number of hydrogen-bond donors (Lipinski definition) is 2. The average Bonchev–Trinajstić information content (AvgIpc) is 2.32. The molecule has 2 N–H and O–H groups in total. The topological polar surface area (TPSA) is 49.3 Å². The van der Waals surface area contributed by atoms with Crippen molar-refractivity contribution in [3.8, 4) is 0 Å². The maximum absolute atomic E-state index is 13.2. The summed E-state index contributed by atoms with van der Waals surface area (Å²) in [5, 5.41) is 12.3. The number of benzene rings is 1. The van der Waals surface area contributed by atoms with Crippen LogP contribution in [0.15, 0.2) is 18.2 Å². The van der Waals surface area contributed by atoms with Crippen molar-refractivity contribution in [3.63, 3.8) is 0 Å². The molecule has 0 radical (unpaired) electrons. The van der Waals surface area contributed by atoms with Gasteiger partial charge in [0.15, 0.2) is 0 Å². The summed E-state index contributed by atoms with van der Waals surface area (Å²) < 4.78 is 13.2. The van der Waals surface area contributed by atoms with Crippen LogP contribution >= 0.6 is 0 Å². The van der Waals surface area contributed by atoms with Gasteiger partial charge in [-0.3, -0.25) is 4.79 Å². The number of rotatable bonds is 8. The number of aliphatic carboxylic acids is 1. The summed E-state index contributed by atoms with van der Waals surface area (Å²) in [6.45, 7) is 6.79. The van der Waals surface area contributed by atoms with Crippen molar-refractivity contribution in [1.82, 2.24) is 5.32 Å². The van der Waals surface area contributed by atoms with Crippen molar-refractivity contribution < 1.29 is 14.3 Å². The Morgan fingerprint density at radius 2 is 2.10 bits per heavy atom. The standard InChI is InChI=1S/C16H24FNO2/c1-11(2)6-7-18-14(10-16(19)20)9-13-4-5-15(17)12(3)8-13/h4-5,8,11,14,18H,6-7,9-10H2,1-3H3,(H,19,20). The number of aryl methyl sites for hydroxylation is 1. The van der Waals surface area contributed by atoms with Crippen LogP contribution in [0.4, 0.5) is 4.39 Å². The molecule has 0 aromatic heterocycles. The van der Waals surface area contributed by atoms with Crippen molar-refractivity contribution in [1.29, 1.82) is 0 Å². The molecule has 1 rings (SSSR count). The van der Waals surface area contributed by atoms with Crippen LogP contribution in [0.25, 0.3) is 0 Å². The Balaban J connectivity index is 2.62. The Kier molecular flexibility index (Phi) is 6.65. The second-order valence-corrected chi connectivity index (χ2v) is 5.72. The third-order valence-corrected chi connectivity index (χ3v) is 3.28. The van der Waals surface area contributed by atoms with E-state index in [0.717, 1.165) is 18.5 Å². The highest BCUT2D eigenvalue weighted by Crippen LogP contribution is 2.12. The van der Waals surface area contributed by atoms with Gasteiger partial charge >= 0.3 is 5.97 Å². The lowest BCUT2D eigenvalue weighted by Gasteiger charge is -2.18. The number of hydrogen-bond acceptors (Lipinski definition) is 2. The van der Waals surface area contributed by atoms with Gasteiger partial charge < -0.3 is 10.4 Å². The molecule has 0 saturated heterocycles. The predicted molar refractivity (Wildman–Crippen MR) is 78.3 cm³/mol. The van der Waals surface area contributed by atoms with Gasteiger partial charge in [0.25, 0.3) is 0 Å². The maximum atomic E-state index is 13.2. The van der Waals surface area contributed by atoms with Crippen molar-refractivity contribution in [2.45, 2.75) is 46.1 Å². The van der Waals surface area contributed by atoms with Gasteiger partial charge in [-0.15, -0.1) is 0 Å². The van der Waals surface area contributed by atoms with Gasteiger partial charge in [0.2, 0.25) is 0 Å². The van der Waals surface area contributed by atoms with E-state index in [1.807, 2.05) is 0 Å². The minimum atomic E-state index is -0.814. The van der Waals surface area contributed by atoms with Crippen LogP contribution < -0.4 is 5.32 Å². The number of halogens is 1. The lowest BCUT2D eigenvalue weighted by atomic mass is 10.0. The molecule has 112 valence electrons. The zero-order valence-corrected chi connectivity index (χ0v) is 12.4. The van der Waals surface area contributed by atoms with E-state index in [-0.39, 0.29) is 18.3 Å². The summed E-state index contributed by atoms with van der Waals surface area (Å²) in [6, 6.07) is 4.84. The van der Waals surface area contributed by atoms with E-state index in [9.17, 15) is 9.18 Å². The van der Waals surface area contributed by atoms with Crippen LogP contribution in [0.1, 0.15) is 37.8 Å².